The van der Waals surface area contributed by atoms with E-state index in [0.29, 0.717) is 18.4 Å². The first-order chi connectivity index (χ1) is 18.9. The van der Waals surface area contributed by atoms with Crippen molar-refractivity contribution in [3.05, 3.63) is 43.0 Å². The van der Waals surface area contributed by atoms with E-state index in [1.807, 2.05) is 43.5 Å². The largest absolute Gasteiger partial charge is 0.412 e. The number of H-pyrrole nitrogens is 1. The maximum Gasteiger partial charge on any atom is 0.320 e. The lowest BCUT2D eigenvalue weighted by Crippen LogP contribution is -2.50. The Hall–Kier alpha value is -3.49. The van der Waals surface area contributed by atoms with Crippen LogP contribution in [0.2, 0.25) is 0 Å². The molecule has 1 aromatic carbocycles. The SMILES string of the molecule is C=CCCCCN(C)C(=O)N1CCC[C@H]1C(=O)NC1CC1.NC=O.O.O.SC1CC1.[HH].[HH].c1ccc(-c2nn[nH]n2)cc1. The Morgan fingerprint density at radius 2 is 1.83 bits per heavy atom. The molecule has 8 N–H and O–H groups in total. The van der Waals surface area contributed by atoms with Gasteiger partial charge in [-0.15, -0.1) is 16.8 Å². The zero-order valence-corrected chi connectivity index (χ0v) is 24.6. The van der Waals surface area contributed by atoms with Crippen molar-refractivity contribution >= 4 is 31.0 Å². The standard InChI is InChI=1S/C16H27N3O2.C7H6N4.C3H6S.CH3NO.2H2O.2H2/c1-3-4-5-6-11-18(2)16(21)19-12-7-8-14(19)15(20)17-13-9-10-13;1-2-4-6(5-3-1)7-8-10-11-9-7;4-3-1-2-3;2-1-3;;;;/h3,13-14H,1,4-12H2,2H3,(H,17,20);1-5H,(H,8,9,10,11);3-4H,1-2H2;1H,(H2,2,3);2*1H2;2*1H/t14-;;;;;;;/m0......./s1. The normalized spacial score (nSPS) is 16.3. The summed E-state index contributed by atoms with van der Waals surface area (Å²) < 4.78 is 0. The number of carbonyl (C=O) groups is 3. The molecule has 13 nitrogen and oxygen atoms in total. The zero-order chi connectivity index (χ0) is 28.5. The first-order valence-electron chi connectivity index (χ1n) is 13.5. The molecule has 2 heterocycles. The maximum absolute atomic E-state index is 12.5. The number of rotatable bonds is 8. The molecule has 0 bridgehead atoms. The number of hydrogen-bond donors (Lipinski definition) is 4. The predicted octanol–water partition coefficient (Wildman–Crippen LogP) is 2.03. The molecule has 0 spiro atoms. The number of tetrazole rings is 1. The van der Waals surface area contributed by atoms with Gasteiger partial charge in [-0.1, -0.05) is 36.4 Å². The van der Waals surface area contributed by atoms with Crippen molar-refractivity contribution in [1.29, 1.82) is 0 Å². The van der Waals surface area contributed by atoms with E-state index in [1.165, 1.54) is 12.8 Å². The van der Waals surface area contributed by atoms with Crippen LogP contribution in [0, 0.1) is 0 Å². The highest BCUT2D eigenvalue weighted by molar-refractivity contribution is 7.81. The Bertz CT molecular complexity index is 1000. The second-order valence-electron chi connectivity index (χ2n) is 9.59. The van der Waals surface area contributed by atoms with Crippen LogP contribution in [-0.2, 0) is 9.59 Å². The maximum atomic E-state index is 12.5. The van der Waals surface area contributed by atoms with Gasteiger partial charge in [0.05, 0.1) is 0 Å². The molecule has 1 atom stereocenters. The van der Waals surface area contributed by atoms with Crippen molar-refractivity contribution in [2.45, 2.75) is 75.1 Å². The van der Waals surface area contributed by atoms with Crippen molar-refractivity contribution in [2.75, 3.05) is 20.1 Å². The number of urea groups is 1. The fourth-order valence-electron chi connectivity index (χ4n) is 3.69. The minimum absolute atomic E-state index is 0. The van der Waals surface area contributed by atoms with Gasteiger partial charge >= 0.3 is 6.03 Å². The topological polar surface area (TPSA) is 213 Å². The molecule has 14 heteroatoms. The number of likely N-dealkylation sites (tertiary alicyclic amines) is 1. The summed E-state index contributed by atoms with van der Waals surface area (Å²) in [5.41, 5.74) is 5.14. The number of thiol groups is 1. The average molecular weight is 599 g/mol. The van der Waals surface area contributed by atoms with Crippen LogP contribution in [0.25, 0.3) is 11.4 Å². The van der Waals surface area contributed by atoms with Gasteiger partial charge in [-0.25, -0.2) is 4.79 Å². The van der Waals surface area contributed by atoms with E-state index in [4.69, 9.17) is 4.79 Å². The molecule has 3 aliphatic rings. The zero-order valence-electron chi connectivity index (χ0n) is 23.7. The van der Waals surface area contributed by atoms with Gasteiger partial charge in [0, 0.05) is 39.8 Å². The van der Waals surface area contributed by atoms with Crippen molar-refractivity contribution in [3.8, 4) is 11.4 Å². The predicted molar refractivity (Wildman–Crippen MR) is 166 cm³/mol. The van der Waals surface area contributed by atoms with E-state index >= 15 is 0 Å². The van der Waals surface area contributed by atoms with Crippen LogP contribution < -0.4 is 11.1 Å². The summed E-state index contributed by atoms with van der Waals surface area (Å²) >= 11 is 4.08. The lowest BCUT2D eigenvalue weighted by Gasteiger charge is -2.29. The summed E-state index contributed by atoms with van der Waals surface area (Å²) in [6, 6.07) is 9.76. The number of aromatic nitrogens is 4. The molecule has 3 fully saturated rings. The Morgan fingerprint density at radius 3 is 2.34 bits per heavy atom. The van der Waals surface area contributed by atoms with E-state index in [0.717, 1.165) is 62.3 Å². The smallest absolute Gasteiger partial charge is 0.320 e. The van der Waals surface area contributed by atoms with Gasteiger partial charge in [-0.3, -0.25) is 9.59 Å². The molecule has 2 saturated carbocycles. The van der Waals surface area contributed by atoms with Crippen LogP contribution in [-0.4, -0.2) is 97.2 Å². The number of carbonyl (C=O) groups excluding carboxylic acids is 3. The van der Waals surface area contributed by atoms with Crippen LogP contribution >= 0.6 is 12.6 Å². The molecule has 1 aliphatic heterocycles. The first kappa shape index (κ1) is 37.5. The second-order valence-corrected chi connectivity index (χ2v) is 10.3. The lowest BCUT2D eigenvalue weighted by atomic mass is 10.2. The molecule has 0 unspecified atom stereocenters. The third-order valence-corrected chi connectivity index (χ3v) is 6.64. The number of amides is 4. The summed E-state index contributed by atoms with van der Waals surface area (Å²) in [6.07, 6.45) is 11.7. The summed E-state index contributed by atoms with van der Waals surface area (Å²) in [7, 11) is 1.82. The number of nitrogens with one attached hydrogen (secondary N) is 2. The van der Waals surface area contributed by atoms with Crippen molar-refractivity contribution in [1.82, 2.24) is 35.7 Å². The molecule has 0 radical (unpaired) electrons. The third kappa shape index (κ3) is 15.2. The third-order valence-electron chi connectivity index (χ3n) is 6.13. The Labute approximate surface area is 250 Å². The average Bonchev–Trinajstić information content (AvgIpc) is 3.80. The minimum atomic E-state index is -0.270. The van der Waals surface area contributed by atoms with Crippen molar-refractivity contribution in [3.63, 3.8) is 0 Å². The van der Waals surface area contributed by atoms with Crippen molar-refractivity contribution < 1.29 is 28.2 Å². The first-order valence-corrected chi connectivity index (χ1v) is 14.0. The highest BCUT2D eigenvalue weighted by atomic mass is 32.1. The fourth-order valence-corrected chi connectivity index (χ4v) is 3.84. The molecule has 4 amide bonds. The Kier molecular flexibility index (Phi) is 19.5. The van der Waals surface area contributed by atoms with Crippen LogP contribution in [0.1, 0.15) is 60.6 Å². The molecule has 2 aliphatic carbocycles. The number of hydrogen-bond acceptors (Lipinski definition) is 7. The number of unbranched alkanes of at least 4 members (excludes halogenated alkanes) is 2. The monoisotopic (exact) mass is 598 g/mol. The fraction of sp³-hybridized carbons (Fsp3) is 0.556. The van der Waals surface area contributed by atoms with Gasteiger partial charge in [0.15, 0.2) is 0 Å². The van der Waals surface area contributed by atoms with Gasteiger partial charge in [0.25, 0.3) is 0 Å². The number of nitrogens with zero attached hydrogens (tertiary/aromatic N) is 5. The van der Waals surface area contributed by atoms with Gasteiger partial charge in [-0.05, 0) is 63.0 Å². The number of nitrogens with two attached hydrogens (primary N) is 1. The second kappa shape index (κ2) is 21.3. The molecule has 41 heavy (non-hydrogen) atoms. The van der Waals surface area contributed by atoms with Gasteiger partial charge in [0.1, 0.15) is 6.04 Å². The number of aromatic amines is 1. The molecule has 2 aromatic rings. The molecule has 1 saturated heterocycles. The van der Waals surface area contributed by atoms with Crippen molar-refractivity contribution in [2.24, 2.45) is 5.73 Å². The summed E-state index contributed by atoms with van der Waals surface area (Å²) in [5, 5.41) is 17.3. The molecule has 5 rings (SSSR count). The molecule has 234 valence electrons. The van der Waals surface area contributed by atoms with E-state index in [2.05, 4.69) is 50.9 Å². The number of primary amides is 1. The number of benzene rings is 1. The van der Waals surface area contributed by atoms with Gasteiger partial charge in [0.2, 0.25) is 18.1 Å². The van der Waals surface area contributed by atoms with Crippen LogP contribution in [0.4, 0.5) is 4.79 Å². The summed E-state index contributed by atoms with van der Waals surface area (Å²) in [5.74, 6) is 0.661. The van der Waals surface area contributed by atoms with Crippen LogP contribution in [0.5, 0.6) is 0 Å². The van der Waals surface area contributed by atoms with E-state index in [9.17, 15) is 9.59 Å². The highest BCUT2D eigenvalue weighted by Gasteiger charge is 2.37. The summed E-state index contributed by atoms with van der Waals surface area (Å²) in [6.45, 7) is 5.13. The van der Waals surface area contributed by atoms with Crippen LogP contribution in [0.3, 0.4) is 0 Å². The van der Waals surface area contributed by atoms with Gasteiger partial charge < -0.3 is 31.8 Å². The molecular weight excluding hydrogens is 548 g/mol. The van der Waals surface area contributed by atoms with Gasteiger partial charge in [-0.2, -0.15) is 17.8 Å². The molecular formula is C27H50N8O5S. The van der Waals surface area contributed by atoms with E-state index in [-0.39, 0.29) is 38.2 Å². The van der Waals surface area contributed by atoms with Crippen LogP contribution in [0.15, 0.2) is 43.0 Å². The Balaban J connectivity index is -0.000000611. The van der Waals surface area contributed by atoms with E-state index in [1.54, 1.807) is 9.80 Å². The Morgan fingerprint density at radius 1 is 1.20 bits per heavy atom. The highest BCUT2D eigenvalue weighted by Crippen LogP contribution is 2.25. The van der Waals surface area contributed by atoms with E-state index < -0.39 is 0 Å². The summed E-state index contributed by atoms with van der Waals surface area (Å²) in [4.78, 5) is 36.7. The minimum Gasteiger partial charge on any atom is -0.412 e. The lowest BCUT2D eigenvalue weighted by molar-refractivity contribution is -0.125. The molecule has 1 aromatic heterocycles. The quantitative estimate of drug-likeness (QED) is 0.154. The number of allylic oxidation sites excluding steroid dienone is 1.